The molecule has 0 N–H and O–H groups in total. The van der Waals surface area contributed by atoms with Gasteiger partial charge in [-0.1, -0.05) is 49.4 Å². The van der Waals surface area contributed by atoms with Gasteiger partial charge in [0.05, 0.1) is 5.56 Å². The Morgan fingerprint density at radius 1 is 0.778 bits per heavy atom. The molecule has 0 unspecified atom stereocenters. The highest BCUT2D eigenvalue weighted by molar-refractivity contribution is 5.34. The van der Waals surface area contributed by atoms with Crippen molar-refractivity contribution in [2.45, 2.75) is 19.0 Å². The fourth-order valence-corrected chi connectivity index (χ4v) is 1.89. The molecule has 0 spiro atoms. The fourth-order valence-electron chi connectivity index (χ4n) is 1.89. The van der Waals surface area contributed by atoms with Crippen molar-refractivity contribution in [3.63, 3.8) is 0 Å². The van der Waals surface area contributed by atoms with Crippen molar-refractivity contribution in [1.82, 2.24) is 0 Å². The molecule has 3 heteroatoms. The van der Waals surface area contributed by atoms with Crippen LogP contribution in [0.4, 0.5) is 13.2 Å². The maximum absolute atomic E-state index is 12.4. The lowest BCUT2D eigenvalue weighted by atomic mass is 9.92. The van der Waals surface area contributed by atoms with Crippen molar-refractivity contribution >= 4 is 0 Å². The number of halogens is 3. The third kappa shape index (κ3) is 2.73. The van der Waals surface area contributed by atoms with Gasteiger partial charge >= 0.3 is 6.18 Å². The van der Waals surface area contributed by atoms with Crippen LogP contribution in [0.15, 0.2) is 54.6 Å². The molecule has 2 rings (SSSR count). The third-order valence-corrected chi connectivity index (χ3v) is 3.04. The lowest BCUT2D eigenvalue weighted by Gasteiger charge is -2.13. The molecule has 0 bridgehead atoms. The van der Waals surface area contributed by atoms with Crippen molar-refractivity contribution < 1.29 is 13.2 Å². The molecular formula is C15H13F3. The van der Waals surface area contributed by atoms with Crippen LogP contribution in [0, 0.1) is 0 Å². The van der Waals surface area contributed by atoms with E-state index in [-0.39, 0.29) is 5.92 Å². The fraction of sp³-hybridized carbons (Fsp3) is 0.200. The molecule has 18 heavy (non-hydrogen) atoms. The van der Waals surface area contributed by atoms with Crippen molar-refractivity contribution in [3.8, 4) is 0 Å². The van der Waals surface area contributed by atoms with Gasteiger partial charge in [0.1, 0.15) is 0 Å². The Bertz CT molecular complexity index is 498. The van der Waals surface area contributed by atoms with Gasteiger partial charge in [-0.25, -0.2) is 0 Å². The van der Waals surface area contributed by atoms with Crippen molar-refractivity contribution in [1.29, 1.82) is 0 Å². The van der Waals surface area contributed by atoms with Gasteiger partial charge in [0.25, 0.3) is 0 Å². The van der Waals surface area contributed by atoms with Crippen molar-refractivity contribution in [2.75, 3.05) is 0 Å². The van der Waals surface area contributed by atoms with Gasteiger partial charge in [0.2, 0.25) is 0 Å². The molecule has 2 aromatic carbocycles. The van der Waals surface area contributed by atoms with Gasteiger partial charge in [0, 0.05) is 5.92 Å². The predicted molar refractivity (Wildman–Crippen MR) is 65.4 cm³/mol. The molecule has 94 valence electrons. The Morgan fingerprint density at radius 2 is 1.28 bits per heavy atom. The Kier molecular flexibility index (Phi) is 3.41. The second-order valence-corrected chi connectivity index (χ2v) is 4.25. The Morgan fingerprint density at radius 3 is 1.78 bits per heavy atom. The van der Waals surface area contributed by atoms with E-state index in [4.69, 9.17) is 0 Å². The molecule has 2 aromatic rings. The molecule has 0 heterocycles. The summed E-state index contributed by atoms with van der Waals surface area (Å²) in [6.45, 7) is 1.98. The molecule has 0 saturated carbocycles. The quantitative estimate of drug-likeness (QED) is 0.714. The summed E-state index contributed by atoms with van der Waals surface area (Å²) in [4.78, 5) is 0. The van der Waals surface area contributed by atoms with Crippen LogP contribution < -0.4 is 0 Å². The number of rotatable bonds is 2. The highest BCUT2D eigenvalue weighted by atomic mass is 19.4. The molecule has 0 amide bonds. The molecule has 0 aromatic heterocycles. The van der Waals surface area contributed by atoms with Gasteiger partial charge in [-0.15, -0.1) is 0 Å². The van der Waals surface area contributed by atoms with Crippen LogP contribution in [0.2, 0.25) is 0 Å². The summed E-state index contributed by atoms with van der Waals surface area (Å²) in [5.41, 5.74) is 1.37. The molecule has 0 aliphatic carbocycles. The van der Waals surface area contributed by atoms with Crippen molar-refractivity contribution in [3.05, 3.63) is 71.3 Å². The maximum atomic E-state index is 12.4. The first kappa shape index (κ1) is 12.7. The standard InChI is InChI=1S/C15H13F3/c1-11(12-5-3-2-4-6-12)13-7-9-14(10-8-13)15(16,17)18/h2-11H,1H3/t11-/m1/s1. The summed E-state index contributed by atoms with van der Waals surface area (Å²) in [6.07, 6.45) is -4.27. The summed E-state index contributed by atoms with van der Waals surface area (Å²) >= 11 is 0. The van der Waals surface area contributed by atoms with Crippen molar-refractivity contribution in [2.24, 2.45) is 0 Å². The van der Waals surface area contributed by atoms with E-state index >= 15 is 0 Å². The number of hydrogen-bond donors (Lipinski definition) is 0. The number of hydrogen-bond acceptors (Lipinski definition) is 0. The molecular weight excluding hydrogens is 237 g/mol. The minimum Gasteiger partial charge on any atom is -0.166 e. The van der Waals surface area contributed by atoms with E-state index < -0.39 is 11.7 Å². The Hall–Kier alpha value is -1.77. The van der Waals surface area contributed by atoms with Gasteiger partial charge in [-0.2, -0.15) is 13.2 Å². The molecule has 0 aliphatic heterocycles. The second kappa shape index (κ2) is 4.84. The second-order valence-electron chi connectivity index (χ2n) is 4.25. The molecule has 1 atom stereocenters. The molecule has 0 radical (unpaired) electrons. The summed E-state index contributed by atoms with van der Waals surface area (Å²) < 4.78 is 37.3. The van der Waals surface area contributed by atoms with E-state index in [1.54, 1.807) is 12.1 Å². The first-order chi connectivity index (χ1) is 8.48. The van der Waals surface area contributed by atoms with Crippen LogP contribution in [0.1, 0.15) is 29.5 Å². The highest BCUT2D eigenvalue weighted by Crippen LogP contribution is 2.31. The third-order valence-electron chi connectivity index (χ3n) is 3.04. The number of alkyl halides is 3. The van der Waals surface area contributed by atoms with Crippen LogP contribution in [0.25, 0.3) is 0 Å². The predicted octanol–water partition coefficient (Wildman–Crippen LogP) is 4.86. The zero-order valence-corrected chi connectivity index (χ0v) is 9.91. The average molecular weight is 250 g/mol. The van der Waals surface area contributed by atoms with Crippen LogP contribution in [-0.2, 0) is 6.18 Å². The Balaban J connectivity index is 2.25. The smallest absolute Gasteiger partial charge is 0.166 e. The first-order valence-corrected chi connectivity index (χ1v) is 5.70. The van der Waals surface area contributed by atoms with Gasteiger partial charge in [-0.05, 0) is 23.3 Å². The SMILES string of the molecule is C[C@H](c1ccccc1)c1ccc(C(F)(F)F)cc1. The molecule has 0 nitrogen and oxygen atoms in total. The first-order valence-electron chi connectivity index (χ1n) is 5.70. The largest absolute Gasteiger partial charge is 0.416 e. The van der Waals surface area contributed by atoms with E-state index in [2.05, 4.69) is 0 Å². The van der Waals surface area contributed by atoms with E-state index in [0.717, 1.165) is 23.3 Å². The van der Waals surface area contributed by atoms with Gasteiger partial charge < -0.3 is 0 Å². The van der Waals surface area contributed by atoms with E-state index in [0.29, 0.717) is 0 Å². The topological polar surface area (TPSA) is 0 Å². The highest BCUT2D eigenvalue weighted by Gasteiger charge is 2.30. The summed E-state index contributed by atoms with van der Waals surface area (Å²) in [7, 11) is 0. The summed E-state index contributed by atoms with van der Waals surface area (Å²) in [5.74, 6) is 0.0912. The summed E-state index contributed by atoms with van der Waals surface area (Å²) in [6, 6.07) is 15.1. The lowest BCUT2D eigenvalue weighted by Crippen LogP contribution is -2.05. The summed E-state index contributed by atoms with van der Waals surface area (Å²) in [5, 5.41) is 0. The molecule has 0 saturated heterocycles. The Labute approximate surface area is 104 Å². The van der Waals surface area contributed by atoms with Crippen LogP contribution in [0.3, 0.4) is 0 Å². The number of benzene rings is 2. The zero-order chi connectivity index (χ0) is 13.2. The maximum Gasteiger partial charge on any atom is 0.416 e. The molecule has 0 aliphatic rings. The monoisotopic (exact) mass is 250 g/mol. The van der Waals surface area contributed by atoms with Gasteiger partial charge in [0.15, 0.2) is 0 Å². The van der Waals surface area contributed by atoms with E-state index in [9.17, 15) is 13.2 Å². The minimum absolute atomic E-state index is 0.0912. The average Bonchev–Trinajstić information content (AvgIpc) is 2.38. The van der Waals surface area contributed by atoms with Gasteiger partial charge in [-0.3, -0.25) is 0 Å². The zero-order valence-electron chi connectivity index (χ0n) is 9.91. The van der Waals surface area contributed by atoms with Crippen LogP contribution in [-0.4, -0.2) is 0 Å². The normalized spacial score (nSPS) is 13.3. The molecule has 0 fully saturated rings. The van der Waals surface area contributed by atoms with Crippen LogP contribution >= 0.6 is 0 Å². The van der Waals surface area contributed by atoms with E-state index in [1.807, 2.05) is 37.3 Å². The van der Waals surface area contributed by atoms with Crippen LogP contribution in [0.5, 0.6) is 0 Å². The van der Waals surface area contributed by atoms with E-state index in [1.165, 1.54) is 0 Å². The lowest BCUT2D eigenvalue weighted by molar-refractivity contribution is -0.137. The minimum atomic E-state index is -4.27.